The van der Waals surface area contributed by atoms with E-state index in [2.05, 4.69) is 10.3 Å². The first kappa shape index (κ1) is 15.5. The summed E-state index contributed by atoms with van der Waals surface area (Å²) in [5.74, 6) is 0. The number of alkyl halides is 3. The highest BCUT2D eigenvalue weighted by atomic mass is 32.1. The van der Waals surface area contributed by atoms with Crippen LogP contribution >= 0.6 is 22.7 Å². The summed E-state index contributed by atoms with van der Waals surface area (Å²) in [4.78, 5) is 4.01. The van der Waals surface area contributed by atoms with E-state index in [0.717, 1.165) is 16.9 Å². The monoisotopic (exact) mass is 320 g/mol. The van der Waals surface area contributed by atoms with Crippen molar-refractivity contribution in [1.29, 1.82) is 0 Å². The van der Waals surface area contributed by atoms with Gasteiger partial charge in [-0.3, -0.25) is 0 Å². The summed E-state index contributed by atoms with van der Waals surface area (Å²) in [6.07, 6.45) is -4.42. The predicted molar refractivity (Wildman–Crippen MR) is 77.0 cm³/mol. The van der Waals surface area contributed by atoms with E-state index in [4.69, 9.17) is 0 Å². The number of hydrogen-bond acceptors (Lipinski definition) is 4. The molecule has 0 aliphatic rings. The maximum absolute atomic E-state index is 13.0. The van der Waals surface area contributed by atoms with Crippen LogP contribution in [0.2, 0.25) is 0 Å². The van der Waals surface area contributed by atoms with Gasteiger partial charge in [-0.2, -0.15) is 24.5 Å². The van der Waals surface area contributed by atoms with Gasteiger partial charge in [0.2, 0.25) is 0 Å². The Morgan fingerprint density at radius 3 is 2.45 bits per heavy atom. The SMILES string of the molecule is CC(C)(C)NCc1sc(-c2ccsc2)nc1C(F)(F)F. The van der Waals surface area contributed by atoms with Crippen LogP contribution < -0.4 is 5.32 Å². The number of thiophene rings is 1. The summed E-state index contributed by atoms with van der Waals surface area (Å²) in [7, 11) is 0. The molecule has 0 aliphatic heterocycles. The number of aromatic nitrogens is 1. The average molecular weight is 320 g/mol. The highest BCUT2D eigenvalue weighted by molar-refractivity contribution is 7.15. The maximum atomic E-state index is 13.0. The Balaban J connectivity index is 2.34. The lowest BCUT2D eigenvalue weighted by Crippen LogP contribution is -2.35. The Kier molecular flexibility index (Phi) is 4.22. The molecule has 0 bridgehead atoms. The molecule has 2 nitrogen and oxygen atoms in total. The zero-order valence-electron chi connectivity index (χ0n) is 11.3. The lowest BCUT2D eigenvalue weighted by atomic mass is 10.1. The van der Waals surface area contributed by atoms with Crippen LogP contribution in [-0.2, 0) is 12.7 Å². The topological polar surface area (TPSA) is 24.9 Å². The zero-order valence-corrected chi connectivity index (χ0v) is 13.0. The molecule has 0 saturated carbocycles. The number of nitrogens with zero attached hydrogens (tertiary/aromatic N) is 1. The second-order valence-electron chi connectivity index (χ2n) is 5.40. The van der Waals surface area contributed by atoms with Crippen LogP contribution in [0, 0.1) is 0 Å². The van der Waals surface area contributed by atoms with E-state index in [0.29, 0.717) is 5.01 Å². The van der Waals surface area contributed by atoms with Crippen molar-refractivity contribution in [2.45, 2.75) is 39.0 Å². The van der Waals surface area contributed by atoms with Crippen molar-refractivity contribution >= 4 is 22.7 Å². The van der Waals surface area contributed by atoms with Crippen molar-refractivity contribution in [3.8, 4) is 10.6 Å². The molecule has 0 radical (unpaired) electrons. The van der Waals surface area contributed by atoms with Crippen LogP contribution in [0.4, 0.5) is 13.2 Å². The van der Waals surface area contributed by atoms with Crippen molar-refractivity contribution in [2.24, 2.45) is 0 Å². The van der Waals surface area contributed by atoms with Gasteiger partial charge >= 0.3 is 6.18 Å². The van der Waals surface area contributed by atoms with Crippen LogP contribution in [0.3, 0.4) is 0 Å². The minimum absolute atomic E-state index is 0.167. The quantitative estimate of drug-likeness (QED) is 0.880. The fraction of sp³-hybridized carbons (Fsp3) is 0.462. The largest absolute Gasteiger partial charge is 0.434 e. The van der Waals surface area contributed by atoms with Gasteiger partial charge in [-0.15, -0.1) is 11.3 Å². The molecule has 0 spiro atoms. The van der Waals surface area contributed by atoms with E-state index in [9.17, 15) is 13.2 Å². The fourth-order valence-electron chi connectivity index (χ4n) is 1.55. The molecule has 0 amide bonds. The van der Waals surface area contributed by atoms with Gasteiger partial charge in [0.15, 0.2) is 5.69 Å². The van der Waals surface area contributed by atoms with Crippen molar-refractivity contribution in [2.75, 3.05) is 0 Å². The van der Waals surface area contributed by atoms with Crippen LogP contribution in [-0.4, -0.2) is 10.5 Å². The number of nitrogens with one attached hydrogen (secondary N) is 1. The van der Waals surface area contributed by atoms with Gasteiger partial charge in [-0.1, -0.05) is 0 Å². The number of rotatable bonds is 3. The van der Waals surface area contributed by atoms with Crippen molar-refractivity contribution in [1.82, 2.24) is 10.3 Å². The molecule has 2 aromatic heterocycles. The second-order valence-corrected chi connectivity index (χ2v) is 7.27. The van der Waals surface area contributed by atoms with E-state index in [1.54, 1.807) is 11.4 Å². The summed E-state index contributed by atoms with van der Waals surface area (Å²) < 4.78 is 39.1. The van der Waals surface area contributed by atoms with E-state index in [1.165, 1.54) is 11.3 Å². The lowest BCUT2D eigenvalue weighted by molar-refractivity contribution is -0.141. The minimum Gasteiger partial charge on any atom is -0.307 e. The van der Waals surface area contributed by atoms with Gasteiger partial charge in [0.25, 0.3) is 0 Å². The van der Waals surface area contributed by atoms with Gasteiger partial charge in [-0.25, -0.2) is 4.98 Å². The number of hydrogen-bond donors (Lipinski definition) is 1. The summed E-state index contributed by atoms with van der Waals surface area (Å²) in [6, 6.07) is 1.78. The van der Waals surface area contributed by atoms with Crippen LogP contribution in [0.1, 0.15) is 31.3 Å². The molecule has 110 valence electrons. The Labute approximate surface area is 123 Å². The Bertz CT molecular complexity index is 565. The van der Waals surface area contributed by atoms with Gasteiger partial charge in [-0.05, 0) is 32.2 Å². The summed E-state index contributed by atoms with van der Waals surface area (Å²) in [5, 5.41) is 7.14. The van der Waals surface area contributed by atoms with Crippen molar-refractivity contribution in [3.63, 3.8) is 0 Å². The summed E-state index contributed by atoms with van der Waals surface area (Å²) >= 11 is 2.54. The Hall–Kier alpha value is -0.920. The first-order valence-electron chi connectivity index (χ1n) is 6.01. The molecule has 1 N–H and O–H groups in total. The average Bonchev–Trinajstić information content (AvgIpc) is 2.93. The molecule has 7 heteroatoms. The highest BCUT2D eigenvalue weighted by Gasteiger charge is 2.37. The van der Waals surface area contributed by atoms with Crippen molar-refractivity contribution < 1.29 is 13.2 Å². The third kappa shape index (κ3) is 3.80. The zero-order chi connectivity index (χ0) is 15.0. The molecule has 20 heavy (non-hydrogen) atoms. The third-order valence-electron chi connectivity index (χ3n) is 2.51. The van der Waals surface area contributed by atoms with E-state index >= 15 is 0 Å². The molecule has 0 fully saturated rings. The Morgan fingerprint density at radius 2 is 1.95 bits per heavy atom. The van der Waals surface area contributed by atoms with E-state index < -0.39 is 11.9 Å². The lowest BCUT2D eigenvalue weighted by Gasteiger charge is -2.20. The summed E-state index contributed by atoms with van der Waals surface area (Å²) in [6.45, 7) is 5.92. The highest BCUT2D eigenvalue weighted by Crippen LogP contribution is 2.38. The molecule has 0 aromatic carbocycles. The number of thiazole rings is 1. The van der Waals surface area contributed by atoms with Gasteiger partial charge in [0.05, 0.1) is 4.88 Å². The van der Waals surface area contributed by atoms with E-state index in [1.807, 2.05) is 26.2 Å². The standard InChI is InChI=1S/C13H15F3N2S2/c1-12(2,3)17-6-9-10(13(14,15)16)18-11(20-9)8-4-5-19-7-8/h4-5,7,17H,6H2,1-3H3. The Morgan fingerprint density at radius 1 is 1.25 bits per heavy atom. The van der Waals surface area contributed by atoms with Gasteiger partial charge < -0.3 is 5.32 Å². The molecule has 0 aliphatic carbocycles. The molecule has 2 aromatic rings. The van der Waals surface area contributed by atoms with Gasteiger partial charge in [0, 0.05) is 23.0 Å². The van der Waals surface area contributed by atoms with Crippen LogP contribution in [0.15, 0.2) is 16.8 Å². The van der Waals surface area contributed by atoms with Crippen LogP contribution in [0.5, 0.6) is 0 Å². The molecular formula is C13H15F3N2S2. The van der Waals surface area contributed by atoms with Crippen LogP contribution in [0.25, 0.3) is 10.6 Å². The molecule has 2 heterocycles. The number of halogens is 3. The van der Waals surface area contributed by atoms with E-state index in [-0.39, 0.29) is 17.0 Å². The van der Waals surface area contributed by atoms with Crippen molar-refractivity contribution in [3.05, 3.63) is 27.4 Å². The third-order valence-corrected chi connectivity index (χ3v) is 4.30. The first-order valence-corrected chi connectivity index (χ1v) is 7.77. The molecule has 0 saturated heterocycles. The molecular weight excluding hydrogens is 305 g/mol. The maximum Gasteiger partial charge on any atom is 0.434 e. The molecule has 0 unspecified atom stereocenters. The normalized spacial score (nSPS) is 12.9. The smallest absolute Gasteiger partial charge is 0.307 e. The second kappa shape index (κ2) is 5.46. The fourth-order valence-corrected chi connectivity index (χ4v) is 3.28. The first-order chi connectivity index (χ1) is 9.17. The predicted octanol–water partition coefficient (Wildman–Crippen LogP) is 4.78. The summed E-state index contributed by atoms with van der Waals surface area (Å²) in [5.41, 5.74) is -0.275. The minimum atomic E-state index is -4.42. The molecule has 2 rings (SSSR count). The molecule has 0 atom stereocenters. The van der Waals surface area contributed by atoms with Gasteiger partial charge in [0.1, 0.15) is 5.01 Å².